The monoisotopic (exact) mass is 399 g/mol. The van der Waals surface area contributed by atoms with E-state index >= 15 is 0 Å². The van der Waals surface area contributed by atoms with Crippen molar-refractivity contribution in [2.24, 2.45) is 10.9 Å². The molecule has 1 aliphatic carbocycles. The Kier molecular flexibility index (Phi) is 5.44. The maximum absolute atomic E-state index is 4.56. The number of H-pyrrole nitrogens is 1. The number of fused-ring (bicyclic) bond motifs is 1. The zero-order valence-corrected chi connectivity index (χ0v) is 14.7. The minimum Gasteiger partial charge on any atom is -0.356 e. The third-order valence-corrected chi connectivity index (χ3v) is 3.75. The zero-order valence-electron chi connectivity index (χ0n) is 12.4. The first-order valence-electron chi connectivity index (χ1n) is 7.17. The lowest BCUT2D eigenvalue weighted by atomic mass is 10.3. The molecule has 2 aromatic rings. The summed E-state index contributed by atoms with van der Waals surface area (Å²) in [6.45, 7) is 3.07. The van der Waals surface area contributed by atoms with Crippen molar-refractivity contribution in [2.45, 2.75) is 25.8 Å². The van der Waals surface area contributed by atoms with E-state index in [-0.39, 0.29) is 24.0 Å². The lowest BCUT2D eigenvalue weighted by molar-refractivity contribution is 0.749. The molecule has 3 rings (SSSR count). The van der Waals surface area contributed by atoms with Crippen molar-refractivity contribution in [2.75, 3.05) is 13.6 Å². The molecule has 1 saturated carbocycles. The number of halogens is 1. The predicted molar refractivity (Wildman–Crippen MR) is 97.3 cm³/mol. The van der Waals surface area contributed by atoms with Gasteiger partial charge >= 0.3 is 0 Å². The van der Waals surface area contributed by atoms with Gasteiger partial charge in [0, 0.05) is 26.1 Å². The zero-order chi connectivity index (χ0) is 13.9. The molecule has 0 radical (unpaired) electrons. The highest BCUT2D eigenvalue weighted by Crippen LogP contribution is 2.28. The third kappa shape index (κ3) is 4.09. The van der Waals surface area contributed by atoms with Crippen LogP contribution in [0.1, 0.15) is 19.2 Å². The molecule has 1 aliphatic rings. The first-order valence-corrected chi connectivity index (χ1v) is 7.17. The number of rotatable bonds is 4. The molecule has 3 N–H and O–H groups in total. The SMILES string of the molecule is CN=C(NCCc1nc2ccccc2[nH]1)NC1CC1C.I. The van der Waals surface area contributed by atoms with Crippen LogP contribution >= 0.6 is 24.0 Å². The number of nitrogens with zero attached hydrogens (tertiary/aromatic N) is 2. The fourth-order valence-corrected chi connectivity index (χ4v) is 2.32. The average Bonchev–Trinajstić information content (AvgIpc) is 3.00. The van der Waals surface area contributed by atoms with Gasteiger partial charge < -0.3 is 15.6 Å². The van der Waals surface area contributed by atoms with E-state index in [1.54, 1.807) is 0 Å². The Morgan fingerprint density at radius 1 is 1.43 bits per heavy atom. The van der Waals surface area contributed by atoms with Gasteiger partial charge in [-0.15, -0.1) is 24.0 Å². The van der Waals surface area contributed by atoms with Gasteiger partial charge in [0.2, 0.25) is 0 Å². The van der Waals surface area contributed by atoms with E-state index in [1.807, 2.05) is 31.3 Å². The van der Waals surface area contributed by atoms with Crippen LogP contribution in [0.2, 0.25) is 0 Å². The second-order valence-corrected chi connectivity index (χ2v) is 5.41. The van der Waals surface area contributed by atoms with Gasteiger partial charge in [0.05, 0.1) is 11.0 Å². The van der Waals surface area contributed by atoms with Crippen LogP contribution < -0.4 is 10.6 Å². The molecule has 1 aromatic heterocycles. The number of aromatic nitrogens is 2. The van der Waals surface area contributed by atoms with Crippen LogP contribution in [0.5, 0.6) is 0 Å². The summed E-state index contributed by atoms with van der Waals surface area (Å²) in [5.41, 5.74) is 2.12. The average molecular weight is 399 g/mol. The second kappa shape index (κ2) is 7.11. The van der Waals surface area contributed by atoms with Gasteiger partial charge in [-0.3, -0.25) is 4.99 Å². The summed E-state index contributed by atoms with van der Waals surface area (Å²) in [4.78, 5) is 12.1. The molecule has 2 atom stereocenters. The molecule has 1 aromatic carbocycles. The fraction of sp³-hybridized carbons (Fsp3) is 0.467. The molecule has 5 nitrogen and oxygen atoms in total. The number of hydrogen-bond donors (Lipinski definition) is 3. The van der Waals surface area contributed by atoms with Gasteiger partial charge in [0.15, 0.2) is 5.96 Å². The summed E-state index contributed by atoms with van der Waals surface area (Å²) in [6, 6.07) is 8.69. The number of para-hydroxylation sites is 2. The molecule has 6 heteroatoms. The molecular weight excluding hydrogens is 377 g/mol. The molecule has 21 heavy (non-hydrogen) atoms. The molecule has 0 bridgehead atoms. The molecular formula is C15H22IN5. The van der Waals surface area contributed by atoms with Crippen molar-refractivity contribution in [3.8, 4) is 0 Å². The van der Waals surface area contributed by atoms with Crippen molar-refractivity contribution in [3.63, 3.8) is 0 Å². The number of imidazole rings is 1. The van der Waals surface area contributed by atoms with E-state index in [2.05, 4.69) is 32.5 Å². The Hall–Kier alpha value is -1.31. The summed E-state index contributed by atoms with van der Waals surface area (Å²) in [6.07, 6.45) is 2.10. The minimum atomic E-state index is 0. The van der Waals surface area contributed by atoms with Gasteiger partial charge in [-0.2, -0.15) is 0 Å². The Bertz CT molecular complexity index is 588. The quantitative estimate of drug-likeness (QED) is 0.420. The van der Waals surface area contributed by atoms with Crippen molar-refractivity contribution in [1.29, 1.82) is 0 Å². The largest absolute Gasteiger partial charge is 0.356 e. The number of benzene rings is 1. The van der Waals surface area contributed by atoms with Crippen LogP contribution in [0.25, 0.3) is 11.0 Å². The molecule has 1 heterocycles. The maximum atomic E-state index is 4.56. The number of guanidine groups is 1. The van der Waals surface area contributed by atoms with E-state index in [0.717, 1.165) is 41.7 Å². The smallest absolute Gasteiger partial charge is 0.191 e. The van der Waals surface area contributed by atoms with Gasteiger partial charge in [-0.05, 0) is 24.5 Å². The normalized spacial score (nSPS) is 21.0. The summed E-state index contributed by atoms with van der Waals surface area (Å²) in [5.74, 6) is 2.66. The molecule has 1 fully saturated rings. The summed E-state index contributed by atoms with van der Waals surface area (Å²) < 4.78 is 0. The van der Waals surface area contributed by atoms with Crippen LogP contribution in [0, 0.1) is 5.92 Å². The predicted octanol–water partition coefficient (Wildman–Crippen LogP) is 2.30. The summed E-state index contributed by atoms with van der Waals surface area (Å²) >= 11 is 0. The van der Waals surface area contributed by atoms with E-state index in [9.17, 15) is 0 Å². The highest BCUT2D eigenvalue weighted by molar-refractivity contribution is 14.0. The van der Waals surface area contributed by atoms with E-state index in [4.69, 9.17) is 0 Å². The van der Waals surface area contributed by atoms with E-state index < -0.39 is 0 Å². The topological polar surface area (TPSA) is 65.1 Å². The Balaban J connectivity index is 0.00000161. The molecule has 0 saturated heterocycles. The molecule has 0 amide bonds. The molecule has 0 spiro atoms. The highest BCUT2D eigenvalue weighted by atomic mass is 127. The molecule has 0 aliphatic heterocycles. The van der Waals surface area contributed by atoms with E-state index in [0.29, 0.717) is 6.04 Å². The van der Waals surface area contributed by atoms with Crippen molar-refractivity contribution >= 4 is 41.0 Å². The molecule has 114 valence electrons. The van der Waals surface area contributed by atoms with Crippen LogP contribution in [-0.2, 0) is 6.42 Å². The first kappa shape index (κ1) is 16.1. The van der Waals surface area contributed by atoms with Gasteiger partial charge in [-0.25, -0.2) is 4.98 Å². The van der Waals surface area contributed by atoms with Gasteiger partial charge in [-0.1, -0.05) is 19.1 Å². The lowest BCUT2D eigenvalue weighted by Crippen LogP contribution is -2.40. The second-order valence-electron chi connectivity index (χ2n) is 5.41. The third-order valence-electron chi connectivity index (χ3n) is 3.75. The number of hydrogen-bond acceptors (Lipinski definition) is 2. The number of aromatic amines is 1. The Morgan fingerprint density at radius 3 is 2.86 bits per heavy atom. The van der Waals surface area contributed by atoms with Crippen molar-refractivity contribution in [3.05, 3.63) is 30.1 Å². The van der Waals surface area contributed by atoms with Crippen LogP contribution in [0.4, 0.5) is 0 Å². The van der Waals surface area contributed by atoms with Gasteiger partial charge in [0.1, 0.15) is 5.82 Å². The minimum absolute atomic E-state index is 0. The number of aliphatic imine (C=N–C) groups is 1. The van der Waals surface area contributed by atoms with Crippen LogP contribution in [-0.4, -0.2) is 35.6 Å². The van der Waals surface area contributed by atoms with Crippen molar-refractivity contribution in [1.82, 2.24) is 20.6 Å². The first-order chi connectivity index (χ1) is 9.76. The van der Waals surface area contributed by atoms with Crippen LogP contribution in [0.15, 0.2) is 29.3 Å². The summed E-state index contributed by atoms with van der Waals surface area (Å²) in [5, 5.41) is 6.74. The van der Waals surface area contributed by atoms with Gasteiger partial charge in [0.25, 0.3) is 0 Å². The fourth-order valence-electron chi connectivity index (χ4n) is 2.32. The number of nitrogens with one attached hydrogen (secondary N) is 3. The standard InChI is InChI=1S/C15H21N5.HI/c1-10-9-13(10)20-15(16-2)17-8-7-14-18-11-5-3-4-6-12(11)19-14;/h3-6,10,13H,7-9H2,1-2H3,(H,18,19)(H2,16,17,20);1H. The van der Waals surface area contributed by atoms with Crippen LogP contribution in [0.3, 0.4) is 0 Å². The molecule has 2 unspecified atom stereocenters. The summed E-state index contributed by atoms with van der Waals surface area (Å²) in [7, 11) is 1.81. The van der Waals surface area contributed by atoms with Crippen molar-refractivity contribution < 1.29 is 0 Å². The highest BCUT2D eigenvalue weighted by Gasteiger charge is 2.33. The Morgan fingerprint density at radius 2 is 2.19 bits per heavy atom. The lowest BCUT2D eigenvalue weighted by Gasteiger charge is -2.10. The Labute approximate surface area is 142 Å². The maximum Gasteiger partial charge on any atom is 0.191 e. The van der Waals surface area contributed by atoms with E-state index in [1.165, 1.54) is 6.42 Å².